The van der Waals surface area contributed by atoms with Crippen LogP contribution in [0.25, 0.3) is 128 Å². The molecule has 16 aromatic carbocycles. The highest BCUT2D eigenvalue weighted by atomic mass is 32.1. The van der Waals surface area contributed by atoms with Crippen LogP contribution in [-0.4, -0.2) is 27.9 Å². The van der Waals surface area contributed by atoms with Gasteiger partial charge in [0.05, 0.1) is 83.9 Å². The van der Waals surface area contributed by atoms with Crippen LogP contribution >= 0.6 is 45.3 Å². The van der Waals surface area contributed by atoms with Crippen LogP contribution in [0.3, 0.4) is 0 Å². The Morgan fingerprint density at radius 2 is 0.523 bits per heavy atom. The number of nitrogens with zero attached hydrogens (tertiary/aromatic N) is 8. The minimum absolute atomic E-state index is 0.000634. The van der Waals surface area contributed by atoms with E-state index in [4.69, 9.17) is 17.7 Å². The van der Waals surface area contributed by atoms with E-state index in [1.54, 1.807) is 6.26 Å². The summed E-state index contributed by atoms with van der Waals surface area (Å²) >= 11 is 7.41. The van der Waals surface area contributed by atoms with Crippen LogP contribution in [0, 0.1) is 0 Å². The molecule has 16 heterocycles. The average molecular weight is 1760 g/mol. The largest absolute Gasteiger partial charge is 0.462 e. The van der Waals surface area contributed by atoms with Crippen LogP contribution in [0.15, 0.2) is 429 Å². The molecule has 20 heteroatoms. The number of thiophene rings is 4. The summed E-state index contributed by atoms with van der Waals surface area (Å²) < 4.78 is 29.5. The molecule has 8 aromatic heterocycles. The Morgan fingerprint density at radius 1 is 0.205 bits per heavy atom. The first kappa shape index (κ1) is 74.1. The van der Waals surface area contributed by atoms with Gasteiger partial charge in [-0.1, -0.05) is 231 Å². The van der Waals surface area contributed by atoms with Crippen LogP contribution in [0.1, 0.15) is 0 Å². The second-order valence-corrected chi connectivity index (χ2v) is 38.4. The molecule has 0 saturated carbocycles. The van der Waals surface area contributed by atoms with E-state index in [0.29, 0.717) is 0 Å². The minimum atomic E-state index is -0.000634. The molecule has 132 heavy (non-hydrogen) atoms. The molecule has 24 aromatic rings. The minimum Gasteiger partial charge on any atom is -0.462 e. The van der Waals surface area contributed by atoms with E-state index in [0.717, 1.165) is 78.0 Å². The quantitative estimate of drug-likeness (QED) is 0.158. The maximum Gasteiger partial charge on any atom is 0.421 e. The Hall–Kier alpha value is -15.8. The summed E-state index contributed by atoms with van der Waals surface area (Å²) in [7, 11) is 0. The third-order valence-corrected chi connectivity index (χ3v) is 31.9. The average Bonchev–Trinajstić information content (AvgIpc) is 1.55. The second-order valence-electron chi connectivity index (χ2n) is 34.4. The Balaban J connectivity index is 0.0000000862. The Labute approximate surface area is 775 Å². The number of benzene rings is 16. The predicted molar refractivity (Wildman–Crippen MR) is 558 cm³/mol. The molecular weight excluding hydrogens is 1690 g/mol. The van der Waals surface area contributed by atoms with E-state index in [1.165, 1.54) is 163 Å². The standard InChI is InChI=1S/C28H17BN2O2.2C28H17BN2OS.C28H17BN2S2/c1-3-9-22-20(8-1)28-25(15-16-32-28)31-24-11-5-4-10-23(24)30(29(22)31)18-13-14-27-21(17-18)19-7-2-6-12-26(19)33-27;1-3-11-21-20(9-1)27-24(16-17-32-27)30-22-12-4-5-13-23(22)31(29(21)30)25-14-7-10-19-18-8-2-6-15-26(18)33-28(19)25;1-3-9-22-20(8-1)28-25(15-16-33-28)31-24-11-5-4-10-23(24)30(29(22)31)18-13-14-27-21(17-18)19-7-2-6-12-26(19)32-27;1-3-9-22-20(8-1)28-25(15-16-32-28)31-24-11-5-4-10-23(24)30(29(22)31)18-13-14-27-21(17-18)19-7-2-6-12-26(19)33-27/h4*1-17H. The van der Waals surface area contributed by atoms with Crippen molar-refractivity contribution in [1.82, 2.24) is 0 Å². The van der Waals surface area contributed by atoms with Crippen molar-refractivity contribution in [2.45, 2.75) is 0 Å². The van der Waals surface area contributed by atoms with Crippen molar-refractivity contribution in [1.29, 1.82) is 0 Å². The van der Waals surface area contributed by atoms with Crippen molar-refractivity contribution < 1.29 is 17.7 Å². The zero-order valence-corrected chi connectivity index (χ0v) is 73.7. The summed E-state index contributed by atoms with van der Waals surface area (Å²) in [6.07, 6.45) is 3.60. The molecule has 616 valence electrons. The number of hydrogen-bond acceptors (Lipinski definition) is 16. The third-order valence-electron chi connectivity index (χ3n) is 27.7. The molecule has 0 spiro atoms. The van der Waals surface area contributed by atoms with Gasteiger partial charge in [-0.2, -0.15) is 0 Å². The smallest absolute Gasteiger partial charge is 0.421 e. The van der Waals surface area contributed by atoms with Crippen LogP contribution < -0.4 is 60.3 Å². The van der Waals surface area contributed by atoms with E-state index < -0.39 is 0 Å². The van der Waals surface area contributed by atoms with E-state index in [9.17, 15) is 0 Å². The number of furan rings is 4. The van der Waals surface area contributed by atoms with Crippen molar-refractivity contribution in [2.24, 2.45) is 0 Å². The maximum atomic E-state index is 6.11. The highest BCUT2D eigenvalue weighted by molar-refractivity contribution is 7.26. The molecule has 0 unspecified atom stereocenters. The van der Waals surface area contributed by atoms with Gasteiger partial charge >= 0.3 is 27.9 Å². The molecule has 0 aliphatic carbocycles. The summed E-state index contributed by atoms with van der Waals surface area (Å²) in [5, 5.41) is 14.3. The molecule has 0 saturated heterocycles. The maximum absolute atomic E-state index is 6.11. The molecule has 0 fully saturated rings. The van der Waals surface area contributed by atoms with Gasteiger partial charge in [0.25, 0.3) is 0 Å². The molecule has 8 aliphatic rings. The Kier molecular flexibility index (Phi) is 16.2. The second kappa shape index (κ2) is 28.8. The van der Waals surface area contributed by atoms with E-state index in [-0.39, 0.29) is 27.9 Å². The molecule has 8 aliphatic heterocycles. The molecular formula is C112H68B4N8O4S4. The zero-order chi connectivity index (χ0) is 86.1. The molecule has 12 nitrogen and oxygen atoms in total. The van der Waals surface area contributed by atoms with Crippen molar-refractivity contribution >= 4 is 270 Å². The fourth-order valence-corrected chi connectivity index (χ4v) is 26.4. The van der Waals surface area contributed by atoms with Crippen LogP contribution in [0.2, 0.25) is 0 Å². The van der Waals surface area contributed by atoms with Gasteiger partial charge in [-0.3, -0.25) is 0 Å². The van der Waals surface area contributed by atoms with Gasteiger partial charge in [0.1, 0.15) is 22.3 Å². The van der Waals surface area contributed by atoms with Crippen LogP contribution in [-0.2, 0) is 0 Å². The fourth-order valence-electron chi connectivity index (χ4n) is 22.3. The Bertz CT molecular complexity index is 8290. The molecule has 0 atom stereocenters. The summed E-state index contributed by atoms with van der Waals surface area (Å²) in [6.45, 7) is 0.193. The normalized spacial score (nSPS) is 13.9. The SMILES string of the molecule is c1ccc2c(c1)B1N(c3ccc4oc5ccccc5c4c3)c3ccccc3N1c1ccoc1-2.c1ccc2c(c1)B1N(c3ccc4oc5ccccc5c4c3)c3ccccc3N1c1ccsc1-2.c1ccc2c(c1)B1N(c3ccc4sc5ccccc5c4c3)c3ccccc3N1c1ccsc1-2.c1ccc2c(c1)B1N(c3ccccc3N1c1cccc3c1sc1ccccc13)c1ccoc1-2. The van der Waals surface area contributed by atoms with Gasteiger partial charge in [0, 0.05) is 102 Å². The molecule has 0 bridgehead atoms. The lowest BCUT2D eigenvalue weighted by molar-refractivity contribution is 0.582. The van der Waals surface area contributed by atoms with Gasteiger partial charge in [-0.05, 0) is 201 Å². The summed E-state index contributed by atoms with van der Waals surface area (Å²) in [4.78, 5) is 22.5. The molecule has 0 radical (unpaired) electrons. The van der Waals surface area contributed by atoms with Gasteiger partial charge in [-0.25, -0.2) is 0 Å². The van der Waals surface area contributed by atoms with E-state index in [1.807, 2.05) is 75.9 Å². The van der Waals surface area contributed by atoms with Crippen molar-refractivity contribution in [3.8, 4) is 43.5 Å². The summed E-state index contributed by atoms with van der Waals surface area (Å²) in [5.74, 6) is 1.87. The highest BCUT2D eigenvalue weighted by Gasteiger charge is 2.54. The first-order chi connectivity index (χ1) is 65.5. The van der Waals surface area contributed by atoms with Crippen molar-refractivity contribution in [3.05, 3.63) is 412 Å². The number of rotatable bonds is 4. The lowest BCUT2D eigenvalue weighted by atomic mass is 9.60. The zero-order valence-electron chi connectivity index (χ0n) is 70.4. The number of fused-ring (bicyclic) bond motifs is 44. The van der Waals surface area contributed by atoms with Gasteiger partial charge in [-0.15, -0.1) is 45.3 Å². The number of hydrogen-bond donors (Lipinski definition) is 0. The van der Waals surface area contributed by atoms with Gasteiger partial charge in [0.15, 0.2) is 11.5 Å². The van der Waals surface area contributed by atoms with Gasteiger partial charge < -0.3 is 56.2 Å². The first-order valence-corrected chi connectivity index (χ1v) is 48.0. The monoisotopic (exact) mass is 1760 g/mol. The van der Waals surface area contributed by atoms with Crippen molar-refractivity contribution in [3.63, 3.8) is 0 Å². The summed E-state index contributed by atoms with van der Waals surface area (Å²) in [5.41, 5.74) is 33.2. The summed E-state index contributed by atoms with van der Waals surface area (Å²) in [6, 6.07) is 139. The molecule has 32 rings (SSSR count). The Morgan fingerprint density at radius 3 is 0.992 bits per heavy atom. The highest BCUT2D eigenvalue weighted by Crippen LogP contribution is 2.59. The fraction of sp³-hybridized carbons (Fsp3) is 0. The third kappa shape index (κ3) is 10.7. The lowest BCUT2D eigenvalue weighted by Gasteiger charge is -2.34. The number of anilines is 16. The van der Waals surface area contributed by atoms with E-state index >= 15 is 0 Å². The van der Waals surface area contributed by atoms with Gasteiger partial charge in [0.2, 0.25) is 0 Å². The first-order valence-electron chi connectivity index (χ1n) is 44.6. The topological polar surface area (TPSA) is 78.5 Å². The van der Waals surface area contributed by atoms with Crippen LogP contribution in [0.5, 0.6) is 0 Å². The molecule has 0 N–H and O–H groups in total. The van der Waals surface area contributed by atoms with E-state index in [2.05, 4.69) is 413 Å². The lowest BCUT2D eigenvalue weighted by Crippen LogP contribution is -2.55. The van der Waals surface area contributed by atoms with Crippen LogP contribution in [0.4, 0.5) is 91.0 Å². The molecule has 0 amide bonds. The number of para-hydroxylation sites is 10. The van der Waals surface area contributed by atoms with Crippen molar-refractivity contribution in [2.75, 3.05) is 38.5 Å². The predicted octanol–water partition coefficient (Wildman–Crippen LogP) is 29.3.